The van der Waals surface area contributed by atoms with Crippen LogP contribution in [0.1, 0.15) is 11.1 Å². The second kappa shape index (κ2) is 13.3. The van der Waals surface area contributed by atoms with Gasteiger partial charge in [0, 0.05) is 30.9 Å². The Morgan fingerprint density at radius 2 is 1.32 bits per heavy atom. The summed E-state index contributed by atoms with van der Waals surface area (Å²) in [5, 5.41) is 0. The fourth-order valence-electron chi connectivity index (χ4n) is 3.58. The predicted octanol–water partition coefficient (Wildman–Crippen LogP) is 5.62. The number of benzene rings is 3. The summed E-state index contributed by atoms with van der Waals surface area (Å²) in [6.45, 7) is 0.909. The topological polar surface area (TPSA) is 87.5 Å². The number of sulfone groups is 1. The van der Waals surface area contributed by atoms with E-state index in [1.165, 1.54) is 30.0 Å². The van der Waals surface area contributed by atoms with E-state index in [0.29, 0.717) is 19.0 Å². The van der Waals surface area contributed by atoms with Gasteiger partial charge in [0.05, 0.1) is 10.6 Å². The highest BCUT2D eigenvalue weighted by molar-refractivity contribution is 7.90. The summed E-state index contributed by atoms with van der Waals surface area (Å²) in [4.78, 5) is 16.1. The lowest BCUT2D eigenvalue weighted by molar-refractivity contribution is 0.305. The molecular weight excluding hydrogens is 531 g/mol. The molecule has 7 nitrogen and oxygen atoms in total. The standard InChI is InChI=1S/C19H16FNO4S.C12H11NO/c1-26(23,24)16-7-8-18(17(20)12-16)21-10-9-15(11-19(21)22)25-13-14-5-3-2-4-6-14;1-2-4-11(5-3-1)10-14-12-6-8-13-9-7-12/h2-12H,13H2,1H3;1-9H,10H2. The van der Waals surface area contributed by atoms with E-state index in [0.717, 1.165) is 28.2 Å². The molecule has 0 amide bonds. The Bertz CT molecular complexity index is 1660. The van der Waals surface area contributed by atoms with E-state index < -0.39 is 21.2 Å². The lowest BCUT2D eigenvalue weighted by atomic mass is 10.2. The summed E-state index contributed by atoms with van der Waals surface area (Å²) in [7, 11) is -3.52. The van der Waals surface area contributed by atoms with Crippen LogP contribution in [0.4, 0.5) is 4.39 Å². The molecule has 0 saturated heterocycles. The predicted molar refractivity (Wildman–Crippen MR) is 151 cm³/mol. The van der Waals surface area contributed by atoms with Crippen LogP contribution >= 0.6 is 0 Å². The minimum Gasteiger partial charge on any atom is -0.489 e. The number of ether oxygens (including phenoxy) is 2. The van der Waals surface area contributed by atoms with E-state index in [-0.39, 0.29) is 10.6 Å². The highest BCUT2D eigenvalue weighted by atomic mass is 32.2. The second-order valence-electron chi connectivity index (χ2n) is 8.69. The molecule has 0 radical (unpaired) electrons. The van der Waals surface area contributed by atoms with Gasteiger partial charge in [-0.05, 0) is 47.5 Å². The Hall–Kier alpha value is -4.76. The van der Waals surface area contributed by atoms with Crippen molar-refractivity contribution >= 4 is 9.84 Å². The third-order valence-electron chi connectivity index (χ3n) is 5.64. The maximum Gasteiger partial charge on any atom is 0.258 e. The van der Waals surface area contributed by atoms with E-state index in [2.05, 4.69) is 4.98 Å². The van der Waals surface area contributed by atoms with Gasteiger partial charge in [0.2, 0.25) is 0 Å². The Kier molecular flexibility index (Phi) is 9.43. The monoisotopic (exact) mass is 558 g/mol. The molecule has 0 spiro atoms. The van der Waals surface area contributed by atoms with Crippen LogP contribution < -0.4 is 15.0 Å². The van der Waals surface area contributed by atoms with Crippen LogP contribution in [-0.4, -0.2) is 24.2 Å². The summed E-state index contributed by atoms with van der Waals surface area (Å²) in [6.07, 6.45) is 5.83. The van der Waals surface area contributed by atoms with Crippen molar-refractivity contribution in [2.24, 2.45) is 0 Å². The molecule has 2 aromatic heterocycles. The molecule has 9 heteroatoms. The maximum absolute atomic E-state index is 14.3. The molecule has 5 rings (SSSR count). The first-order chi connectivity index (χ1) is 19.3. The molecule has 0 saturated carbocycles. The van der Waals surface area contributed by atoms with Crippen LogP contribution in [0, 0.1) is 5.82 Å². The van der Waals surface area contributed by atoms with Crippen molar-refractivity contribution in [3.05, 3.63) is 149 Å². The molecule has 40 heavy (non-hydrogen) atoms. The lowest BCUT2D eigenvalue weighted by Crippen LogP contribution is -2.18. The molecular formula is C31H27FN2O5S. The van der Waals surface area contributed by atoms with Crippen LogP contribution in [-0.2, 0) is 23.1 Å². The summed E-state index contributed by atoms with van der Waals surface area (Å²) < 4.78 is 49.4. The number of nitrogens with zero attached hydrogens (tertiary/aromatic N) is 2. The molecule has 5 aromatic rings. The van der Waals surface area contributed by atoms with Gasteiger partial charge >= 0.3 is 0 Å². The fourth-order valence-corrected chi connectivity index (χ4v) is 4.21. The van der Waals surface area contributed by atoms with E-state index in [4.69, 9.17) is 9.47 Å². The zero-order valence-electron chi connectivity index (χ0n) is 21.7. The van der Waals surface area contributed by atoms with Crippen molar-refractivity contribution < 1.29 is 22.3 Å². The molecule has 0 N–H and O–H groups in total. The first kappa shape index (κ1) is 28.3. The summed E-state index contributed by atoms with van der Waals surface area (Å²) >= 11 is 0. The number of hydrogen-bond donors (Lipinski definition) is 0. The quantitative estimate of drug-likeness (QED) is 0.246. The van der Waals surface area contributed by atoms with Crippen molar-refractivity contribution in [2.75, 3.05) is 6.26 Å². The number of aromatic nitrogens is 2. The lowest BCUT2D eigenvalue weighted by Gasteiger charge is -2.10. The van der Waals surface area contributed by atoms with E-state index >= 15 is 0 Å². The van der Waals surface area contributed by atoms with Gasteiger partial charge in [-0.3, -0.25) is 14.3 Å². The normalized spacial score (nSPS) is 10.8. The molecule has 3 aromatic carbocycles. The molecule has 0 unspecified atom stereocenters. The van der Waals surface area contributed by atoms with Crippen molar-refractivity contribution in [1.82, 2.24) is 9.55 Å². The van der Waals surface area contributed by atoms with Gasteiger partial charge in [0.15, 0.2) is 9.84 Å². The smallest absolute Gasteiger partial charge is 0.258 e. The van der Waals surface area contributed by atoms with Crippen molar-refractivity contribution in [2.45, 2.75) is 18.1 Å². The van der Waals surface area contributed by atoms with Gasteiger partial charge in [-0.2, -0.15) is 0 Å². The average molecular weight is 559 g/mol. The van der Waals surface area contributed by atoms with Crippen LogP contribution in [0.5, 0.6) is 11.5 Å². The Balaban J connectivity index is 0.000000222. The number of halogens is 1. The van der Waals surface area contributed by atoms with Gasteiger partial charge in [0.25, 0.3) is 5.56 Å². The fraction of sp³-hybridized carbons (Fsp3) is 0.0968. The number of pyridine rings is 2. The summed E-state index contributed by atoms with van der Waals surface area (Å²) in [5.74, 6) is 0.417. The van der Waals surface area contributed by atoms with Crippen LogP contribution in [0.3, 0.4) is 0 Å². The first-order valence-corrected chi connectivity index (χ1v) is 14.1. The highest BCUT2D eigenvalue weighted by Gasteiger charge is 2.13. The van der Waals surface area contributed by atoms with Crippen LogP contribution in [0.25, 0.3) is 5.69 Å². The van der Waals surface area contributed by atoms with Gasteiger partial charge < -0.3 is 9.47 Å². The van der Waals surface area contributed by atoms with Gasteiger partial charge in [-0.15, -0.1) is 0 Å². The Morgan fingerprint density at radius 3 is 1.85 bits per heavy atom. The molecule has 0 aliphatic rings. The van der Waals surface area contributed by atoms with Crippen LogP contribution in [0.2, 0.25) is 0 Å². The van der Waals surface area contributed by atoms with Crippen molar-refractivity contribution in [1.29, 1.82) is 0 Å². The zero-order chi connectivity index (χ0) is 28.4. The van der Waals surface area contributed by atoms with E-state index in [1.807, 2.05) is 72.8 Å². The second-order valence-corrected chi connectivity index (χ2v) is 10.7. The van der Waals surface area contributed by atoms with Crippen LogP contribution in [0.15, 0.2) is 131 Å². The van der Waals surface area contributed by atoms with Gasteiger partial charge in [-0.1, -0.05) is 60.7 Å². The third-order valence-corrected chi connectivity index (χ3v) is 6.75. The third kappa shape index (κ3) is 8.12. The largest absolute Gasteiger partial charge is 0.489 e. The molecule has 0 aliphatic carbocycles. The Morgan fingerprint density at radius 1 is 0.750 bits per heavy atom. The Labute approximate surface area is 232 Å². The molecule has 204 valence electrons. The molecule has 2 heterocycles. The molecule has 0 atom stereocenters. The van der Waals surface area contributed by atoms with Crippen molar-refractivity contribution in [3.8, 4) is 17.2 Å². The molecule has 0 aliphatic heterocycles. The van der Waals surface area contributed by atoms with E-state index in [1.54, 1.807) is 18.5 Å². The minimum absolute atomic E-state index is 0.0305. The van der Waals surface area contributed by atoms with Crippen molar-refractivity contribution in [3.63, 3.8) is 0 Å². The average Bonchev–Trinajstić information content (AvgIpc) is 2.97. The van der Waals surface area contributed by atoms with Gasteiger partial charge in [0.1, 0.15) is 30.5 Å². The number of rotatable bonds is 8. The summed E-state index contributed by atoms with van der Waals surface area (Å²) in [6, 6.07) is 29.5. The molecule has 0 fully saturated rings. The zero-order valence-corrected chi connectivity index (χ0v) is 22.5. The maximum atomic E-state index is 14.3. The SMILES string of the molecule is CS(=O)(=O)c1ccc(-n2ccc(OCc3ccccc3)cc2=O)c(F)c1.c1ccc(COc2ccncc2)cc1. The van der Waals surface area contributed by atoms with E-state index in [9.17, 15) is 17.6 Å². The van der Waals surface area contributed by atoms with Gasteiger partial charge in [-0.25, -0.2) is 12.8 Å². The minimum atomic E-state index is -3.52. The number of hydrogen-bond acceptors (Lipinski definition) is 6. The highest BCUT2D eigenvalue weighted by Crippen LogP contribution is 2.18. The summed E-state index contributed by atoms with van der Waals surface area (Å²) in [5.41, 5.74) is 1.61. The molecule has 0 bridgehead atoms. The first-order valence-electron chi connectivity index (χ1n) is 12.3.